The van der Waals surface area contributed by atoms with E-state index in [1.807, 2.05) is 0 Å². The molecular weight excluding hydrogens is 1030 g/mol. The summed E-state index contributed by atoms with van der Waals surface area (Å²) >= 11 is 0. The normalized spacial score (nSPS) is 12.0. The monoisotopic (exact) mass is 1110 g/mol. The summed E-state index contributed by atoms with van der Waals surface area (Å²) in [6.45, 7) is 17.5. The molecule has 0 heterocycles. The number of carboxylic acids is 1. The van der Waals surface area contributed by atoms with Crippen LogP contribution >= 0.6 is 54.0 Å². The Morgan fingerprint density at radius 3 is 1.21 bits per heavy atom. The van der Waals surface area contributed by atoms with Crippen LogP contribution < -0.4 is 54.4 Å². The summed E-state index contributed by atoms with van der Waals surface area (Å²) in [5, 5.41) is 44.6. The highest BCUT2D eigenvalue weighted by molar-refractivity contribution is 7.59. The van der Waals surface area contributed by atoms with Gasteiger partial charge in [0.25, 0.3) is 0 Å². The van der Waals surface area contributed by atoms with E-state index in [0.29, 0.717) is 24.1 Å². The maximum absolute atomic E-state index is 13.0. The maximum atomic E-state index is 13.0. The van der Waals surface area contributed by atoms with E-state index in [-0.39, 0.29) is 105 Å². The van der Waals surface area contributed by atoms with Gasteiger partial charge >= 0.3 is 30.2 Å². The Morgan fingerprint density at radius 2 is 0.890 bits per heavy atom. The SMILES string of the molecule is CC(C)[C@H](NC(=O)OC(C)(C)C)C(=O)N[C@@H](CCCNC(N)=O)C(=O)Nc1ccc(CO)cc1.CC(C)[C@H](NC(=O)OC(C)(C)C)C(=O)N[C@@H](CCCNC(N)=O)C(=O)O.Nc1ccc(CO)cc1.S.S.S.S. The van der Waals surface area contributed by atoms with Gasteiger partial charge in [0.15, 0.2) is 0 Å². The van der Waals surface area contributed by atoms with E-state index in [1.54, 1.807) is 118 Å². The lowest BCUT2D eigenvalue weighted by molar-refractivity contribution is -0.142. The molecule has 0 fully saturated rings. The van der Waals surface area contributed by atoms with Gasteiger partial charge in [0, 0.05) is 24.5 Å². The molecule has 2 aromatic rings. The number of amides is 9. The van der Waals surface area contributed by atoms with E-state index >= 15 is 0 Å². The van der Waals surface area contributed by atoms with Crippen molar-refractivity contribution in [1.29, 1.82) is 0 Å². The summed E-state index contributed by atoms with van der Waals surface area (Å²) in [4.78, 5) is 95.3. The molecule has 73 heavy (non-hydrogen) atoms. The number of ether oxygens (including phenoxy) is 2. The molecule has 27 heteroatoms. The van der Waals surface area contributed by atoms with Crippen LogP contribution in [0.5, 0.6) is 0 Å². The predicted octanol–water partition coefficient (Wildman–Crippen LogP) is 3.37. The third-order valence-corrected chi connectivity index (χ3v) is 8.99. The number of aliphatic hydroxyl groups is 2. The highest BCUT2D eigenvalue weighted by Crippen LogP contribution is 2.14. The summed E-state index contributed by atoms with van der Waals surface area (Å²) < 4.78 is 10.4. The number of primary amides is 2. The van der Waals surface area contributed by atoms with Gasteiger partial charge in [-0.25, -0.2) is 24.0 Å². The number of rotatable bonds is 21. The summed E-state index contributed by atoms with van der Waals surface area (Å²) in [6.07, 6.45) is -0.508. The zero-order valence-corrected chi connectivity index (χ0v) is 47.4. The van der Waals surface area contributed by atoms with Gasteiger partial charge in [-0.05, 0) is 114 Å². The number of carboxylic acid groups (broad SMARTS) is 1. The average molecular weight is 1110 g/mol. The number of carbonyl (C=O) groups excluding carboxylic acids is 7. The first-order chi connectivity index (χ1) is 32.0. The summed E-state index contributed by atoms with van der Waals surface area (Å²) in [7, 11) is 0. The van der Waals surface area contributed by atoms with Crippen molar-refractivity contribution in [2.75, 3.05) is 24.1 Å². The summed E-state index contributed by atoms with van der Waals surface area (Å²) in [5.74, 6) is -3.41. The lowest BCUT2D eigenvalue weighted by Gasteiger charge is -2.27. The number of carbonyl (C=O) groups is 8. The Labute approximate surface area is 456 Å². The topological polar surface area (TPSA) is 378 Å². The van der Waals surface area contributed by atoms with E-state index in [9.17, 15) is 43.5 Å². The summed E-state index contributed by atoms with van der Waals surface area (Å²) in [5.41, 5.74) is 16.7. The van der Waals surface area contributed by atoms with E-state index in [4.69, 9.17) is 36.9 Å². The van der Waals surface area contributed by atoms with Crippen molar-refractivity contribution in [3.8, 4) is 0 Å². The molecule has 0 radical (unpaired) electrons. The molecule has 0 aromatic heterocycles. The minimum Gasteiger partial charge on any atom is -0.480 e. The second-order valence-corrected chi connectivity index (χ2v) is 18.3. The maximum Gasteiger partial charge on any atom is 0.408 e. The Balaban J connectivity index is -0.000000350. The Hall–Kier alpha value is -5.48. The van der Waals surface area contributed by atoms with Crippen molar-refractivity contribution in [3.05, 3.63) is 59.7 Å². The molecule has 0 unspecified atom stereocenters. The standard InChI is InChI=1S/C23H37N5O6.C16H30N4O6.C7H9NO.4H2S/c1-14(2)18(28-22(33)34-23(3,4)5)20(31)27-17(7-6-12-25-21(24)32)19(30)26-16-10-8-15(13-29)9-11-16;1-9(2)11(20-15(25)26-16(3,4)5)12(21)19-10(13(22)23)7-6-8-18-14(17)24;8-7-3-1-6(5-9)2-4-7;;;;/h8-11,14,17-18,29H,6-7,12-13H2,1-5H3,(H,26,30)(H,27,31)(H,28,33)(H3,24,25,32);9-11H,6-8H2,1-5H3,(H,19,21)(H,20,25)(H,22,23)(H3,17,18,24);1-4,9H,5,8H2;4*1H2/t17-,18-;10-,11-;;;;;/m00...../s1. The second-order valence-electron chi connectivity index (χ2n) is 18.3. The molecule has 2 rings (SSSR count). The number of hydrogen-bond acceptors (Lipinski definition) is 13. The Kier molecular flexibility index (Phi) is 40.9. The van der Waals surface area contributed by atoms with Crippen molar-refractivity contribution in [2.24, 2.45) is 23.3 Å². The lowest BCUT2D eigenvalue weighted by atomic mass is 10.0. The number of nitrogen functional groups attached to an aromatic ring is 1. The van der Waals surface area contributed by atoms with Gasteiger partial charge < -0.3 is 79.2 Å². The fraction of sp³-hybridized carbons (Fsp3) is 0.565. The molecule has 0 aliphatic carbocycles. The molecule has 23 nitrogen and oxygen atoms in total. The minimum atomic E-state index is -1.21. The number of aliphatic hydroxyl groups excluding tert-OH is 2. The molecule has 0 bridgehead atoms. The molecule has 0 aliphatic heterocycles. The highest BCUT2D eigenvalue weighted by Gasteiger charge is 2.32. The van der Waals surface area contributed by atoms with E-state index < -0.39 is 83.3 Å². The molecule has 4 atom stereocenters. The van der Waals surface area contributed by atoms with Crippen molar-refractivity contribution in [1.82, 2.24) is 31.9 Å². The van der Waals surface area contributed by atoms with Crippen LogP contribution in [0.1, 0.15) is 106 Å². The Morgan fingerprint density at radius 1 is 0.548 bits per heavy atom. The summed E-state index contributed by atoms with van der Waals surface area (Å²) in [6, 6.07) is 8.38. The molecule has 2 aromatic carbocycles. The number of hydrogen-bond donors (Lipinski definition) is 13. The first kappa shape index (κ1) is 76.4. The molecular formula is C46H84N10O13S4. The van der Waals surface area contributed by atoms with Crippen molar-refractivity contribution in [2.45, 2.75) is 144 Å². The van der Waals surface area contributed by atoms with Crippen LogP contribution in [0.15, 0.2) is 48.5 Å². The van der Waals surface area contributed by atoms with Crippen LogP contribution in [-0.2, 0) is 41.9 Å². The smallest absolute Gasteiger partial charge is 0.408 e. The number of anilines is 2. The van der Waals surface area contributed by atoms with E-state index in [2.05, 4.69) is 37.2 Å². The fourth-order valence-electron chi connectivity index (χ4n) is 5.57. The quantitative estimate of drug-likeness (QED) is 0.0630. The van der Waals surface area contributed by atoms with E-state index in [0.717, 1.165) is 11.3 Å². The molecule has 16 N–H and O–H groups in total. The Bertz CT molecular complexity index is 1960. The van der Waals surface area contributed by atoms with E-state index in [1.165, 1.54) is 0 Å². The van der Waals surface area contributed by atoms with Crippen LogP contribution in [0, 0.1) is 11.8 Å². The number of benzene rings is 2. The van der Waals surface area contributed by atoms with Gasteiger partial charge in [0.2, 0.25) is 17.7 Å². The van der Waals surface area contributed by atoms with Gasteiger partial charge in [-0.2, -0.15) is 54.0 Å². The van der Waals surface area contributed by atoms with Crippen molar-refractivity contribution >= 4 is 113 Å². The number of urea groups is 2. The molecule has 0 saturated carbocycles. The third kappa shape index (κ3) is 37.0. The minimum absolute atomic E-state index is 0. The molecule has 0 spiro atoms. The van der Waals surface area contributed by atoms with Gasteiger partial charge in [-0.3, -0.25) is 14.4 Å². The molecule has 0 saturated heterocycles. The zero-order chi connectivity index (χ0) is 53.1. The lowest BCUT2D eigenvalue weighted by Crippen LogP contribution is -2.55. The average Bonchev–Trinajstić information content (AvgIpc) is 3.23. The first-order valence-electron chi connectivity index (χ1n) is 22.3. The fourth-order valence-corrected chi connectivity index (χ4v) is 5.57. The third-order valence-electron chi connectivity index (χ3n) is 8.99. The van der Waals surface area contributed by atoms with Crippen LogP contribution in [0.3, 0.4) is 0 Å². The van der Waals surface area contributed by atoms with Crippen LogP contribution in [0.2, 0.25) is 0 Å². The van der Waals surface area contributed by atoms with Crippen LogP contribution in [0.4, 0.5) is 30.6 Å². The van der Waals surface area contributed by atoms with Gasteiger partial charge in [0.05, 0.1) is 13.2 Å². The predicted molar refractivity (Wildman–Crippen MR) is 300 cm³/mol. The number of nitrogens with one attached hydrogen (secondary N) is 7. The molecule has 0 aliphatic rings. The first-order valence-corrected chi connectivity index (χ1v) is 22.3. The highest BCUT2D eigenvalue weighted by atomic mass is 32.1. The van der Waals surface area contributed by atoms with Gasteiger partial charge in [-0.1, -0.05) is 52.0 Å². The molecule has 420 valence electrons. The number of nitrogens with two attached hydrogens (primary N) is 3. The van der Waals surface area contributed by atoms with Crippen molar-refractivity contribution in [3.63, 3.8) is 0 Å². The van der Waals surface area contributed by atoms with Gasteiger partial charge in [0.1, 0.15) is 35.4 Å². The van der Waals surface area contributed by atoms with Crippen LogP contribution in [-0.4, -0.2) is 112 Å². The van der Waals surface area contributed by atoms with Crippen molar-refractivity contribution < 1.29 is 63.1 Å². The zero-order valence-electron chi connectivity index (χ0n) is 43.4. The molecule has 9 amide bonds. The number of alkyl carbamates (subject to hydrolysis) is 2. The van der Waals surface area contributed by atoms with Crippen LogP contribution in [0.25, 0.3) is 0 Å². The number of aliphatic carboxylic acids is 1. The second kappa shape index (κ2) is 39.0. The van der Waals surface area contributed by atoms with Gasteiger partial charge in [-0.15, -0.1) is 0 Å². The largest absolute Gasteiger partial charge is 0.480 e.